The fraction of sp³-hybridized carbons (Fsp3) is 0.400. The SMILES string of the molecule is COCc1nc2cccnc2n1C1CCN(S(=O)(=O)Cc2ccccc2)CC1. The quantitative estimate of drug-likeness (QED) is 0.636. The van der Waals surface area contributed by atoms with Gasteiger partial charge in [0, 0.05) is 32.4 Å². The lowest BCUT2D eigenvalue weighted by Gasteiger charge is -2.32. The molecular formula is C20H24N4O3S. The fourth-order valence-corrected chi connectivity index (χ4v) is 5.41. The van der Waals surface area contributed by atoms with Crippen molar-refractivity contribution in [3.05, 3.63) is 60.0 Å². The van der Waals surface area contributed by atoms with E-state index in [-0.39, 0.29) is 11.8 Å². The monoisotopic (exact) mass is 400 g/mol. The van der Waals surface area contributed by atoms with Crippen molar-refractivity contribution < 1.29 is 13.2 Å². The summed E-state index contributed by atoms with van der Waals surface area (Å²) in [6, 6.07) is 13.3. The van der Waals surface area contributed by atoms with Crippen LogP contribution in [-0.4, -0.2) is 47.5 Å². The lowest BCUT2D eigenvalue weighted by Crippen LogP contribution is -2.39. The van der Waals surface area contributed by atoms with Crippen molar-refractivity contribution in [1.29, 1.82) is 0 Å². The minimum Gasteiger partial charge on any atom is -0.377 e. The Morgan fingerprint density at radius 1 is 1.11 bits per heavy atom. The first-order valence-electron chi connectivity index (χ1n) is 9.41. The summed E-state index contributed by atoms with van der Waals surface area (Å²) < 4.78 is 34.7. The summed E-state index contributed by atoms with van der Waals surface area (Å²) in [5, 5.41) is 0. The first-order valence-corrected chi connectivity index (χ1v) is 11.0. The van der Waals surface area contributed by atoms with Gasteiger partial charge in [-0.15, -0.1) is 0 Å². The molecule has 1 aliphatic rings. The van der Waals surface area contributed by atoms with Crippen LogP contribution in [0.25, 0.3) is 11.2 Å². The number of hydrogen-bond donors (Lipinski definition) is 0. The normalized spacial score (nSPS) is 16.6. The predicted octanol–water partition coefficient (Wildman–Crippen LogP) is 2.74. The van der Waals surface area contributed by atoms with Crippen LogP contribution in [0, 0.1) is 0 Å². The first kappa shape index (κ1) is 19.0. The average Bonchev–Trinajstić information content (AvgIpc) is 3.07. The van der Waals surface area contributed by atoms with Crippen LogP contribution in [0.15, 0.2) is 48.7 Å². The van der Waals surface area contributed by atoms with E-state index in [9.17, 15) is 8.42 Å². The molecule has 0 saturated carbocycles. The number of fused-ring (bicyclic) bond motifs is 1. The maximum Gasteiger partial charge on any atom is 0.218 e. The zero-order valence-corrected chi connectivity index (χ0v) is 16.7. The van der Waals surface area contributed by atoms with Crippen molar-refractivity contribution in [1.82, 2.24) is 18.8 Å². The largest absolute Gasteiger partial charge is 0.377 e. The van der Waals surface area contributed by atoms with Crippen molar-refractivity contribution >= 4 is 21.2 Å². The molecule has 4 rings (SSSR count). The number of benzene rings is 1. The Balaban J connectivity index is 1.51. The molecule has 1 saturated heterocycles. The standard InChI is InChI=1S/C20H24N4O3S/c1-27-14-19-22-18-8-5-11-21-20(18)24(19)17-9-12-23(13-10-17)28(25,26)15-16-6-3-2-4-7-16/h2-8,11,17H,9-10,12-15H2,1H3. The van der Waals surface area contributed by atoms with E-state index >= 15 is 0 Å². The summed E-state index contributed by atoms with van der Waals surface area (Å²) in [5.74, 6) is 0.880. The number of ether oxygens (including phenoxy) is 1. The molecule has 148 valence electrons. The van der Waals surface area contributed by atoms with E-state index in [4.69, 9.17) is 4.74 Å². The molecule has 3 aromatic rings. The maximum atomic E-state index is 12.8. The number of hydrogen-bond acceptors (Lipinski definition) is 5. The van der Waals surface area contributed by atoms with Gasteiger partial charge < -0.3 is 9.30 Å². The topological polar surface area (TPSA) is 77.3 Å². The van der Waals surface area contributed by atoms with Gasteiger partial charge in [0.25, 0.3) is 0 Å². The molecule has 7 nitrogen and oxygen atoms in total. The minimum atomic E-state index is -3.32. The zero-order chi connectivity index (χ0) is 19.6. The molecule has 0 spiro atoms. The van der Waals surface area contributed by atoms with Gasteiger partial charge in [0.15, 0.2) is 5.65 Å². The Morgan fingerprint density at radius 3 is 2.57 bits per heavy atom. The Kier molecular flexibility index (Phi) is 5.43. The summed E-state index contributed by atoms with van der Waals surface area (Å²) in [6.45, 7) is 1.40. The molecule has 1 aromatic carbocycles. The van der Waals surface area contributed by atoms with Gasteiger partial charge in [0.1, 0.15) is 17.9 Å². The number of piperidine rings is 1. The Morgan fingerprint density at radius 2 is 1.86 bits per heavy atom. The molecule has 0 atom stereocenters. The van der Waals surface area contributed by atoms with Gasteiger partial charge in [-0.3, -0.25) is 0 Å². The molecule has 3 heterocycles. The Labute approximate surface area is 165 Å². The number of sulfonamides is 1. The van der Waals surface area contributed by atoms with Gasteiger partial charge in [-0.1, -0.05) is 30.3 Å². The summed E-state index contributed by atoms with van der Waals surface area (Å²) >= 11 is 0. The highest BCUT2D eigenvalue weighted by Crippen LogP contribution is 2.29. The summed E-state index contributed by atoms with van der Waals surface area (Å²) in [7, 11) is -1.67. The summed E-state index contributed by atoms with van der Waals surface area (Å²) in [6.07, 6.45) is 3.22. The van der Waals surface area contributed by atoms with E-state index in [1.165, 1.54) is 0 Å². The smallest absolute Gasteiger partial charge is 0.218 e. The second-order valence-corrected chi connectivity index (χ2v) is 9.02. The van der Waals surface area contributed by atoms with E-state index in [0.29, 0.717) is 19.7 Å². The highest BCUT2D eigenvalue weighted by molar-refractivity contribution is 7.88. The highest BCUT2D eigenvalue weighted by Gasteiger charge is 2.30. The Bertz CT molecular complexity index is 1040. The first-order chi connectivity index (χ1) is 13.6. The number of nitrogens with zero attached hydrogens (tertiary/aromatic N) is 4. The van der Waals surface area contributed by atoms with Gasteiger partial charge in [0.2, 0.25) is 10.0 Å². The van der Waals surface area contributed by atoms with Crippen molar-refractivity contribution in [2.45, 2.75) is 31.2 Å². The van der Waals surface area contributed by atoms with E-state index in [1.54, 1.807) is 17.6 Å². The van der Waals surface area contributed by atoms with Crippen molar-refractivity contribution in [2.24, 2.45) is 0 Å². The van der Waals surface area contributed by atoms with Crippen LogP contribution in [-0.2, 0) is 27.1 Å². The predicted molar refractivity (Wildman–Crippen MR) is 107 cm³/mol. The average molecular weight is 401 g/mol. The van der Waals surface area contributed by atoms with Gasteiger partial charge in [-0.25, -0.2) is 22.7 Å². The molecule has 0 bridgehead atoms. The van der Waals surface area contributed by atoms with Crippen molar-refractivity contribution in [3.8, 4) is 0 Å². The molecule has 1 aliphatic heterocycles. The molecule has 1 fully saturated rings. The molecule has 0 aliphatic carbocycles. The molecular weight excluding hydrogens is 376 g/mol. The number of imidazole rings is 1. The molecule has 0 amide bonds. The number of rotatable bonds is 6. The minimum absolute atomic E-state index is 0.0446. The van der Waals surface area contributed by atoms with Crippen molar-refractivity contribution in [3.63, 3.8) is 0 Å². The van der Waals surface area contributed by atoms with E-state index in [1.807, 2.05) is 42.5 Å². The van der Waals surface area contributed by atoms with Crippen LogP contribution in [0.4, 0.5) is 0 Å². The fourth-order valence-electron chi connectivity index (χ4n) is 3.85. The number of methoxy groups -OCH3 is 1. The van der Waals surface area contributed by atoms with Crippen LogP contribution in [0.2, 0.25) is 0 Å². The van der Waals surface area contributed by atoms with Gasteiger partial charge >= 0.3 is 0 Å². The van der Waals surface area contributed by atoms with Crippen LogP contribution < -0.4 is 0 Å². The number of pyridine rings is 1. The van der Waals surface area contributed by atoms with E-state index in [2.05, 4.69) is 14.5 Å². The summed E-state index contributed by atoms with van der Waals surface area (Å²) in [5.41, 5.74) is 2.49. The third-order valence-corrected chi connectivity index (χ3v) is 7.02. The lowest BCUT2D eigenvalue weighted by molar-refractivity contribution is 0.168. The second kappa shape index (κ2) is 7.98. The molecule has 0 unspecified atom stereocenters. The van der Waals surface area contributed by atoms with E-state index < -0.39 is 10.0 Å². The molecule has 28 heavy (non-hydrogen) atoms. The summed E-state index contributed by atoms with van der Waals surface area (Å²) in [4.78, 5) is 9.14. The van der Waals surface area contributed by atoms with Crippen LogP contribution in [0.3, 0.4) is 0 Å². The van der Waals surface area contributed by atoms with Gasteiger partial charge in [-0.05, 0) is 30.5 Å². The zero-order valence-electron chi connectivity index (χ0n) is 15.9. The third-order valence-electron chi connectivity index (χ3n) is 5.17. The molecule has 0 radical (unpaired) electrons. The van der Waals surface area contributed by atoms with E-state index in [0.717, 1.165) is 35.4 Å². The molecule has 2 aromatic heterocycles. The van der Waals surface area contributed by atoms with Crippen LogP contribution >= 0.6 is 0 Å². The second-order valence-electron chi connectivity index (χ2n) is 7.05. The van der Waals surface area contributed by atoms with Crippen molar-refractivity contribution in [2.75, 3.05) is 20.2 Å². The van der Waals surface area contributed by atoms with Gasteiger partial charge in [-0.2, -0.15) is 0 Å². The molecule has 8 heteroatoms. The van der Waals surface area contributed by atoms with Crippen LogP contribution in [0.1, 0.15) is 30.3 Å². The number of aromatic nitrogens is 3. The lowest BCUT2D eigenvalue weighted by atomic mass is 10.1. The maximum absolute atomic E-state index is 12.8. The molecule has 0 N–H and O–H groups in total. The van der Waals surface area contributed by atoms with Gasteiger partial charge in [0.05, 0.1) is 5.75 Å². The highest BCUT2D eigenvalue weighted by atomic mass is 32.2. The van der Waals surface area contributed by atoms with Crippen LogP contribution in [0.5, 0.6) is 0 Å². The Hall–Kier alpha value is -2.29. The third kappa shape index (κ3) is 3.80.